The van der Waals surface area contributed by atoms with E-state index in [1.165, 1.54) is 0 Å². The maximum atomic E-state index is 11.6. The van der Waals surface area contributed by atoms with Crippen molar-refractivity contribution >= 4 is 17.5 Å². The predicted molar refractivity (Wildman–Crippen MR) is 66.2 cm³/mol. The average Bonchev–Trinajstić information content (AvgIpc) is 2.15. The molecule has 0 aliphatic rings. The van der Waals surface area contributed by atoms with Crippen molar-refractivity contribution in [1.82, 2.24) is 5.32 Å². The number of halogens is 1. The molecular formula is C12H24ClNO. The molecule has 0 aliphatic heterocycles. The lowest BCUT2D eigenvalue weighted by molar-refractivity contribution is -0.122. The molecule has 1 N–H and O–H groups in total. The van der Waals surface area contributed by atoms with Crippen molar-refractivity contribution in [2.45, 2.75) is 53.0 Å². The second kappa shape index (κ2) is 7.98. The van der Waals surface area contributed by atoms with Gasteiger partial charge in [0.25, 0.3) is 0 Å². The minimum atomic E-state index is 0.128. The number of hydrogen-bond acceptors (Lipinski definition) is 1. The van der Waals surface area contributed by atoms with Crippen LogP contribution in [0.4, 0.5) is 0 Å². The van der Waals surface area contributed by atoms with Crippen molar-refractivity contribution in [3.63, 3.8) is 0 Å². The summed E-state index contributed by atoms with van der Waals surface area (Å²) < 4.78 is 0. The summed E-state index contributed by atoms with van der Waals surface area (Å²) >= 11 is 5.81. The van der Waals surface area contributed by atoms with Gasteiger partial charge in [-0.05, 0) is 18.3 Å². The van der Waals surface area contributed by atoms with Crippen LogP contribution in [-0.4, -0.2) is 17.8 Å². The van der Waals surface area contributed by atoms with Gasteiger partial charge in [-0.25, -0.2) is 0 Å². The third kappa shape index (κ3) is 7.66. The molecule has 0 radical (unpaired) electrons. The summed E-state index contributed by atoms with van der Waals surface area (Å²) in [6, 6.07) is 0.128. The quantitative estimate of drug-likeness (QED) is 0.673. The van der Waals surface area contributed by atoms with E-state index in [9.17, 15) is 4.79 Å². The molecule has 0 heterocycles. The van der Waals surface area contributed by atoms with Crippen LogP contribution in [0.25, 0.3) is 0 Å². The summed E-state index contributed by atoms with van der Waals surface area (Å²) in [6.45, 7) is 8.48. The second-order valence-electron chi connectivity index (χ2n) is 4.77. The van der Waals surface area contributed by atoms with E-state index in [0.29, 0.717) is 24.1 Å². The number of nitrogens with one attached hydrogen (secondary N) is 1. The van der Waals surface area contributed by atoms with Gasteiger partial charge in [-0.1, -0.05) is 34.1 Å². The highest BCUT2D eigenvalue weighted by Crippen LogP contribution is 2.09. The lowest BCUT2D eigenvalue weighted by Crippen LogP contribution is -2.37. The Morgan fingerprint density at radius 2 is 1.93 bits per heavy atom. The van der Waals surface area contributed by atoms with Gasteiger partial charge in [0.15, 0.2) is 0 Å². The highest BCUT2D eigenvalue weighted by molar-refractivity contribution is 6.18. The number of hydrogen-bond donors (Lipinski definition) is 1. The van der Waals surface area contributed by atoms with Gasteiger partial charge in [0.05, 0.1) is 0 Å². The van der Waals surface area contributed by atoms with E-state index < -0.39 is 0 Å². The standard InChI is InChI=1S/C12H24ClNO/c1-5-10(4)7-12(15)14-11(8-13)6-9(2)3/h9-11H,5-8H2,1-4H3,(H,14,15). The minimum Gasteiger partial charge on any atom is -0.352 e. The minimum absolute atomic E-state index is 0.128. The van der Waals surface area contributed by atoms with Gasteiger partial charge < -0.3 is 5.32 Å². The first kappa shape index (κ1) is 14.8. The molecule has 90 valence electrons. The van der Waals surface area contributed by atoms with Gasteiger partial charge in [0.2, 0.25) is 5.91 Å². The molecule has 0 spiro atoms. The van der Waals surface area contributed by atoms with Crippen LogP contribution in [0.15, 0.2) is 0 Å². The maximum absolute atomic E-state index is 11.6. The van der Waals surface area contributed by atoms with E-state index >= 15 is 0 Å². The molecule has 15 heavy (non-hydrogen) atoms. The first-order valence-corrected chi connectivity index (χ1v) is 6.38. The van der Waals surface area contributed by atoms with Gasteiger partial charge >= 0.3 is 0 Å². The zero-order valence-corrected chi connectivity index (χ0v) is 11.1. The fourth-order valence-corrected chi connectivity index (χ4v) is 1.68. The lowest BCUT2D eigenvalue weighted by Gasteiger charge is -2.19. The SMILES string of the molecule is CCC(C)CC(=O)NC(CCl)CC(C)C. The Labute approximate surface area is 98.8 Å². The first-order valence-electron chi connectivity index (χ1n) is 5.84. The van der Waals surface area contributed by atoms with Crippen molar-refractivity contribution in [2.24, 2.45) is 11.8 Å². The second-order valence-corrected chi connectivity index (χ2v) is 5.07. The first-order chi connectivity index (χ1) is 6.99. The van der Waals surface area contributed by atoms with E-state index in [2.05, 4.69) is 33.0 Å². The topological polar surface area (TPSA) is 29.1 Å². The van der Waals surface area contributed by atoms with E-state index in [1.807, 2.05) is 0 Å². The Kier molecular flexibility index (Phi) is 7.85. The highest BCUT2D eigenvalue weighted by Gasteiger charge is 2.14. The summed E-state index contributed by atoms with van der Waals surface area (Å²) in [6.07, 6.45) is 2.61. The Balaban J connectivity index is 3.90. The number of alkyl halides is 1. The van der Waals surface area contributed by atoms with Crippen LogP contribution in [-0.2, 0) is 4.79 Å². The number of carbonyl (C=O) groups is 1. The van der Waals surface area contributed by atoms with Crippen LogP contribution >= 0.6 is 11.6 Å². The summed E-state index contributed by atoms with van der Waals surface area (Å²) in [7, 11) is 0. The summed E-state index contributed by atoms with van der Waals surface area (Å²) in [4.78, 5) is 11.6. The maximum Gasteiger partial charge on any atom is 0.220 e. The normalized spacial score (nSPS) is 15.1. The lowest BCUT2D eigenvalue weighted by atomic mass is 10.0. The van der Waals surface area contributed by atoms with Crippen molar-refractivity contribution in [3.05, 3.63) is 0 Å². The number of rotatable bonds is 7. The van der Waals surface area contributed by atoms with E-state index in [-0.39, 0.29) is 11.9 Å². The number of amides is 1. The van der Waals surface area contributed by atoms with Gasteiger partial charge in [-0.2, -0.15) is 0 Å². The molecule has 0 saturated heterocycles. The third-order valence-electron chi connectivity index (χ3n) is 2.54. The summed E-state index contributed by atoms with van der Waals surface area (Å²) in [5.41, 5.74) is 0. The van der Waals surface area contributed by atoms with Crippen molar-refractivity contribution < 1.29 is 4.79 Å². The zero-order valence-electron chi connectivity index (χ0n) is 10.3. The highest BCUT2D eigenvalue weighted by atomic mass is 35.5. The largest absolute Gasteiger partial charge is 0.352 e. The van der Waals surface area contributed by atoms with Gasteiger partial charge in [0, 0.05) is 18.3 Å². The van der Waals surface area contributed by atoms with Crippen LogP contribution in [0, 0.1) is 11.8 Å². The molecule has 0 fully saturated rings. The molecule has 0 aromatic rings. The Bertz CT molecular complexity index is 182. The van der Waals surface area contributed by atoms with Crippen molar-refractivity contribution in [3.8, 4) is 0 Å². The Hall–Kier alpha value is -0.240. The summed E-state index contributed by atoms with van der Waals surface area (Å²) in [5, 5.41) is 2.99. The van der Waals surface area contributed by atoms with E-state index in [4.69, 9.17) is 11.6 Å². The van der Waals surface area contributed by atoms with Crippen LogP contribution in [0.1, 0.15) is 47.0 Å². The van der Waals surface area contributed by atoms with Crippen molar-refractivity contribution in [1.29, 1.82) is 0 Å². The smallest absolute Gasteiger partial charge is 0.220 e. The van der Waals surface area contributed by atoms with Crippen LogP contribution in [0.5, 0.6) is 0 Å². The molecular weight excluding hydrogens is 210 g/mol. The average molecular weight is 234 g/mol. The molecule has 0 aromatic heterocycles. The molecule has 2 atom stereocenters. The van der Waals surface area contributed by atoms with Gasteiger partial charge in [0.1, 0.15) is 0 Å². The predicted octanol–water partition coefficient (Wildman–Crippen LogP) is 3.19. The Morgan fingerprint density at radius 1 is 1.33 bits per heavy atom. The van der Waals surface area contributed by atoms with Gasteiger partial charge in [-0.3, -0.25) is 4.79 Å². The molecule has 0 aliphatic carbocycles. The monoisotopic (exact) mass is 233 g/mol. The molecule has 2 unspecified atom stereocenters. The molecule has 0 rings (SSSR count). The molecule has 2 nitrogen and oxygen atoms in total. The van der Waals surface area contributed by atoms with Crippen LogP contribution < -0.4 is 5.32 Å². The molecule has 0 saturated carbocycles. The van der Waals surface area contributed by atoms with Crippen LogP contribution in [0.2, 0.25) is 0 Å². The van der Waals surface area contributed by atoms with E-state index in [0.717, 1.165) is 12.8 Å². The fourth-order valence-electron chi connectivity index (χ4n) is 1.48. The van der Waals surface area contributed by atoms with Crippen LogP contribution in [0.3, 0.4) is 0 Å². The Morgan fingerprint density at radius 3 is 2.33 bits per heavy atom. The van der Waals surface area contributed by atoms with E-state index in [1.54, 1.807) is 0 Å². The third-order valence-corrected chi connectivity index (χ3v) is 2.91. The fraction of sp³-hybridized carbons (Fsp3) is 0.917. The summed E-state index contributed by atoms with van der Waals surface area (Å²) in [5.74, 6) is 1.66. The van der Waals surface area contributed by atoms with Crippen molar-refractivity contribution in [2.75, 3.05) is 5.88 Å². The van der Waals surface area contributed by atoms with Gasteiger partial charge in [-0.15, -0.1) is 11.6 Å². The zero-order chi connectivity index (χ0) is 11.8. The number of carbonyl (C=O) groups excluding carboxylic acids is 1. The molecule has 0 bridgehead atoms. The molecule has 1 amide bonds. The molecule has 3 heteroatoms. The molecule has 0 aromatic carbocycles.